The first-order valence-electron chi connectivity index (χ1n) is 8.08. The zero-order valence-electron chi connectivity index (χ0n) is 14.2. The van der Waals surface area contributed by atoms with Crippen LogP contribution in [0.25, 0.3) is 4.96 Å². The van der Waals surface area contributed by atoms with Crippen LogP contribution >= 0.6 is 34.4 Å². The molecule has 0 aliphatic carbocycles. The van der Waals surface area contributed by atoms with Crippen molar-refractivity contribution in [1.29, 1.82) is 0 Å². The van der Waals surface area contributed by atoms with Crippen LogP contribution in [-0.4, -0.2) is 30.0 Å². The number of ether oxygens (including phenoxy) is 1. The Morgan fingerprint density at radius 1 is 1.12 bits per heavy atom. The van der Waals surface area contributed by atoms with Crippen LogP contribution in [0, 0.1) is 6.92 Å². The molecule has 0 amide bonds. The largest absolute Gasteiger partial charge is 0.483 e. The summed E-state index contributed by atoms with van der Waals surface area (Å²) in [7, 11) is 0. The molecule has 3 aromatic heterocycles. The molecule has 0 saturated heterocycles. The van der Waals surface area contributed by atoms with E-state index in [2.05, 4.69) is 27.3 Å². The van der Waals surface area contributed by atoms with Crippen molar-refractivity contribution in [2.45, 2.75) is 36.5 Å². The van der Waals surface area contributed by atoms with Crippen molar-refractivity contribution in [3.05, 3.63) is 46.2 Å². The monoisotopic (exact) mass is 404 g/mol. The Kier molecular flexibility index (Phi) is 5.14. The van der Waals surface area contributed by atoms with Gasteiger partial charge >= 0.3 is 0 Å². The summed E-state index contributed by atoms with van der Waals surface area (Å²) in [5, 5.41) is 23.2. The van der Waals surface area contributed by atoms with Crippen molar-refractivity contribution < 1.29 is 4.74 Å². The van der Waals surface area contributed by atoms with Crippen LogP contribution in [0.1, 0.15) is 35.3 Å². The summed E-state index contributed by atoms with van der Waals surface area (Å²) in [5.41, 5.74) is 0. The average molecular weight is 405 g/mol. The molecular weight excluding hydrogens is 388 g/mol. The van der Waals surface area contributed by atoms with Crippen molar-refractivity contribution in [1.82, 2.24) is 30.0 Å². The molecule has 0 N–H and O–H groups in total. The molecule has 0 fully saturated rings. The zero-order chi connectivity index (χ0) is 17.9. The van der Waals surface area contributed by atoms with Crippen LogP contribution in [0.5, 0.6) is 5.75 Å². The number of aromatic nitrogens is 6. The van der Waals surface area contributed by atoms with E-state index in [0.29, 0.717) is 5.75 Å². The summed E-state index contributed by atoms with van der Waals surface area (Å²) in [5.74, 6) is 2.29. The number of aryl methyl sites for hydroxylation is 1. The third-order valence-corrected chi connectivity index (χ3v) is 6.53. The van der Waals surface area contributed by atoms with Crippen LogP contribution in [0.4, 0.5) is 0 Å². The SMILES string of the molecule is CC[C@@H](Oc1ccccc1)c1nn2c(CSc3nnc(C)s3)nnc2s1. The minimum Gasteiger partial charge on any atom is -0.483 e. The Hall–Kier alpha value is -2.04. The number of hydrogen-bond donors (Lipinski definition) is 0. The van der Waals surface area contributed by atoms with Gasteiger partial charge in [0.1, 0.15) is 10.8 Å². The van der Waals surface area contributed by atoms with Gasteiger partial charge in [-0.15, -0.1) is 20.4 Å². The topological polar surface area (TPSA) is 78.1 Å². The van der Waals surface area contributed by atoms with Crippen molar-refractivity contribution in [2.75, 3.05) is 0 Å². The zero-order valence-corrected chi connectivity index (χ0v) is 16.6. The Morgan fingerprint density at radius 2 is 1.96 bits per heavy atom. The quantitative estimate of drug-likeness (QED) is 0.428. The van der Waals surface area contributed by atoms with Crippen LogP contribution < -0.4 is 4.74 Å². The number of para-hydroxylation sites is 1. The van der Waals surface area contributed by atoms with Gasteiger partial charge in [-0.05, 0) is 25.5 Å². The highest BCUT2D eigenvalue weighted by Crippen LogP contribution is 2.30. The van der Waals surface area contributed by atoms with E-state index in [4.69, 9.17) is 9.84 Å². The van der Waals surface area contributed by atoms with Crippen LogP contribution in [0.15, 0.2) is 34.7 Å². The van der Waals surface area contributed by atoms with E-state index >= 15 is 0 Å². The lowest BCUT2D eigenvalue weighted by Gasteiger charge is -2.14. The molecule has 0 bridgehead atoms. The van der Waals surface area contributed by atoms with E-state index in [1.807, 2.05) is 37.3 Å². The summed E-state index contributed by atoms with van der Waals surface area (Å²) in [6, 6.07) is 9.81. The second-order valence-electron chi connectivity index (χ2n) is 5.45. The van der Waals surface area contributed by atoms with E-state index in [1.54, 1.807) is 27.6 Å². The van der Waals surface area contributed by atoms with E-state index in [0.717, 1.165) is 37.3 Å². The summed E-state index contributed by atoms with van der Waals surface area (Å²) in [4.78, 5) is 0.777. The maximum absolute atomic E-state index is 6.09. The lowest BCUT2D eigenvalue weighted by atomic mass is 10.3. The van der Waals surface area contributed by atoms with Gasteiger partial charge in [-0.1, -0.05) is 59.6 Å². The lowest BCUT2D eigenvalue weighted by Crippen LogP contribution is -2.07. The molecule has 4 rings (SSSR count). The molecule has 0 spiro atoms. The number of hydrogen-bond acceptors (Lipinski definition) is 9. The number of rotatable bonds is 7. The fraction of sp³-hybridized carbons (Fsp3) is 0.312. The fourth-order valence-corrected chi connectivity index (χ4v) is 5.02. The normalized spacial score (nSPS) is 12.5. The standard InChI is InChI=1S/C16H16N6OS3/c1-3-12(23-11-7-5-4-6-8-11)14-21-22-13(18-19-15(22)26-14)9-24-16-20-17-10(2)25-16/h4-8,12H,3,9H2,1-2H3/t12-/m1/s1. The van der Waals surface area contributed by atoms with Gasteiger partial charge < -0.3 is 4.74 Å². The van der Waals surface area contributed by atoms with E-state index in [1.165, 1.54) is 11.3 Å². The molecule has 0 aliphatic rings. The lowest BCUT2D eigenvalue weighted by molar-refractivity contribution is 0.199. The minimum absolute atomic E-state index is 0.101. The maximum atomic E-state index is 6.09. The predicted molar refractivity (Wildman–Crippen MR) is 103 cm³/mol. The Balaban J connectivity index is 1.52. The van der Waals surface area contributed by atoms with Crippen molar-refractivity contribution in [2.24, 2.45) is 0 Å². The van der Waals surface area contributed by atoms with Gasteiger partial charge in [-0.3, -0.25) is 0 Å². The summed E-state index contributed by atoms with van der Waals surface area (Å²) in [6.45, 7) is 4.03. The minimum atomic E-state index is -0.101. The molecule has 0 unspecified atom stereocenters. The predicted octanol–water partition coefficient (Wildman–Crippen LogP) is 4.17. The Labute approximate surface area is 162 Å². The summed E-state index contributed by atoms with van der Waals surface area (Å²) >= 11 is 4.68. The maximum Gasteiger partial charge on any atom is 0.234 e. The first-order valence-corrected chi connectivity index (χ1v) is 10.7. The van der Waals surface area contributed by atoms with E-state index in [9.17, 15) is 0 Å². The van der Waals surface area contributed by atoms with Gasteiger partial charge in [0.2, 0.25) is 4.96 Å². The molecule has 1 aromatic carbocycles. The number of fused-ring (bicyclic) bond motifs is 1. The van der Waals surface area contributed by atoms with Crippen molar-refractivity contribution in [3.8, 4) is 5.75 Å². The van der Waals surface area contributed by atoms with E-state index < -0.39 is 0 Å². The third kappa shape index (κ3) is 3.71. The molecule has 134 valence electrons. The van der Waals surface area contributed by atoms with Gasteiger partial charge in [-0.2, -0.15) is 9.61 Å². The van der Waals surface area contributed by atoms with Crippen molar-refractivity contribution >= 4 is 39.4 Å². The molecule has 10 heteroatoms. The highest BCUT2D eigenvalue weighted by molar-refractivity contribution is 8.00. The van der Waals surface area contributed by atoms with Gasteiger partial charge in [0.25, 0.3) is 0 Å². The fourth-order valence-electron chi connectivity index (χ4n) is 2.33. The Bertz CT molecular complexity index is 996. The van der Waals surface area contributed by atoms with Crippen LogP contribution in [0.3, 0.4) is 0 Å². The van der Waals surface area contributed by atoms with Gasteiger partial charge in [0, 0.05) is 0 Å². The second kappa shape index (κ2) is 7.68. The van der Waals surface area contributed by atoms with E-state index in [-0.39, 0.29) is 6.10 Å². The van der Waals surface area contributed by atoms with Gasteiger partial charge in [0.05, 0.1) is 5.75 Å². The molecule has 26 heavy (non-hydrogen) atoms. The third-order valence-electron chi connectivity index (χ3n) is 3.57. The summed E-state index contributed by atoms with van der Waals surface area (Å²) in [6.07, 6.45) is 0.725. The number of thioether (sulfide) groups is 1. The van der Waals surface area contributed by atoms with Crippen LogP contribution in [-0.2, 0) is 5.75 Å². The molecule has 1 atom stereocenters. The molecule has 0 radical (unpaired) electrons. The molecule has 7 nitrogen and oxygen atoms in total. The molecule has 0 saturated carbocycles. The van der Waals surface area contributed by atoms with Gasteiger partial charge in [0.15, 0.2) is 21.3 Å². The number of nitrogens with zero attached hydrogens (tertiary/aromatic N) is 6. The molecular formula is C16H16N6OS3. The Morgan fingerprint density at radius 3 is 2.69 bits per heavy atom. The second-order valence-corrected chi connectivity index (χ2v) is 8.85. The van der Waals surface area contributed by atoms with Gasteiger partial charge in [-0.25, -0.2) is 0 Å². The highest BCUT2D eigenvalue weighted by Gasteiger charge is 2.20. The summed E-state index contributed by atoms with van der Waals surface area (Å²) < 4.78 is 8.81. The molecule has 4 aromatic rings. The molecule has 0 aliphatic heterocycles. The van der Waals surface area contributed by atoms with Crippen LogP contribution in [0.2, 0.25) is 0 Å². The smallest absolute Gasteiger partial charge is 0.234 e. The van der Waals surface area contributed by atoms with Crippen molar-refractivity contribution in [3.63, 3.8) is 0 Å². The molecule has 3 heterocycles. The first-order chi connectivity index (χ1) is 12.7. The average Bonchev–Trinajstić information content (AvgIpc) is 3.35. The first kappa shape index (κ1) is 17.4. The number of benzene rings is 1. The highest BCUT2D eigenvalue weighted by atomic mass is 32.2.